The van der Waals surface area contributed by atoms with Gasteiger partial charge >= 0.3 is 12.0 Å². The number of thiazole rings is 1. The minimum absolute atomic E-state index is 0.0606. The lowest BCUT2D eigenvalue weighted by atomic mass is 10.1. The molecule has 5 amide bonds. The number of amides is 5. The highest BCUT2D eigenvalue weighted by Gasteiger charge is 2.10. The molecule has 0 atom stereocenters. The molecular weight excluding hydrogens is 901 g/mol. The molecule has 9 N–H and O–H groups in total. The van der Waals surface area contributed by atoms with Gasteiger partial charge in [0.05, 0.1) is 10.2 Å². The molecule has 0 aliphatic rings. The Morgan fingerprint density at radius 3 is 2.18 bits per heavy atom. The highest BCUT2D eigenvalue weighted by Crippen LogP contribution is 2.31. The summed E-state index contributed by atoms with van der Waals surface area (Å²) in [7, 11) is 3.33. The Balaban J connectivity index is 0.000000173. The maximum absolute atomic E-state index is 12.2. The third-order valence-electron chi connectivity index (χ3n) is 8.89. The van der Waals surface area contributed by atoms with Gasteiger partial charge in [0.25, 0.3) is 5.91 Å². The van der Waals surface area contributed by atoms with E-state index in [1.807, 2.05) is 112 Å². The zero-order valence-electron chi connectivity index (χ0n) is 36.3. The second-order valence-electron chi connectivity index (χ2n) is 14.3. The first-order valence-electron chi connectivity index (χ1n) is 19.9. The summed E-state index contributed by atoms with van der Waals surface area (Å²) in [4.78, 5) is 54.1. The second-order valence-corrected chi connectivity index (χ2v) is 16.9. The quantitative estimate of drug-likeness (QED) is 0.0283. The first kappa shape index (κ1) is 47.5. The molecule has 66 heavy (non-hydrogen) atoms. The van der Waals surface area contributed by atoms with Crippen LogP contribution in [0.5, 0.6) is 5.75 Å². The number of nitrogens with zero attached hydrogens (tertiary/aromatic N) is 3. The zero-order chi connectivity index (χ0) is 47.0. The number of carbonyl (C=O) groups excluding carboxylic acids is 4. The van der Waals surface area contributed by atoms with Gasteiger partial charge in [0, 0.05) is 35.9 Å². The fraction of sp³-hybridized carbons (Fsp3) is 0.133. The van der Waals surface area contributed by atoms with Gasteiger partial charge in [-0.3, -0.25) is 46.9 Å². The number of aryl methyl sites for hydroxylation is 3. The SMILES string of the molecule is Cc1ccc(OCC(=O)Nc2ccc3sc(NNC(=O)N(C)C)cc3c2)c(C)c1.Cc1ccc2nc(NNC=O)sc2c1.O=CNNc1nc2cc(NC(=S)Nc3ccccc3)ccc2o1. The Hall–Kier alpha value is -8.01. The van der Waals surface area contributed by atoms with Crippen molar-refractivity contribution < 1.29 is 28.3 Å². The van der Waals surface area contributed by atoms with Crippen molar-refractivity contribution in [1.82, 2.24) is 31.1 Å². The summed E-state index contributed by atoms with van der Waals surface area (Å²) in [5, 5.41) is 12.0. The molecule has 0 fully saturated rings. The third-order valence-corrected chi connectivity index (χ3v) is 11.1. The van der Waals surface area contributed by atoms with Crippen molar-refractivity contribution in [1.29, 1.82) is 0 Å². The monoisotopic (exact) mass is 946 g/mol. The first-order chi connectivity index (χ1) is 31.8. The molecule has 3 aromatic heterocycles. The number of anilines is 6. The van der Waals surface area contributed by atoms with Crippen LogP contribution in [0.3, 0.4) is 0 Å². The Kier molecular flexibility index (Phi) is 16.6. The summed E-state index contributed by atoms with van der Waals surface area (Å²) >= 11 is 8.29. The van der Waals surface area contributed by atoms with Crippen LogP contribution in [0, 0.1) is 20.8 Å². The number of nitrogens with one attached hydrogen (secondary N) is 9. The largest absolute Gasteiger partial charge is 0.483 e. The van der Waals surface area contributed by atoms with Crippen molar-refractivity contribution in [2.75, 3.05) is 52.9 Å². The van der Waals surface area contributed by atoms with E-state index < -0.39 is 0 Å². The van der Waals surface area contributed by atoms with Crippen LogP contribution in [-0.2, 0) is 14.4 Å². The van der Waals surface area contributed by atoms with Crippen molar-refractivity contribution in [3.05, 3.63) is 126 Å². The molecule has 340 valence electrons. The smallest absolute Gasteiger partial charge is 0.335 e. The van der Waals surface area contributed by atoms with Crippen LogP contribution in [0.1, 0.15) is 16.7 Å². The van der Waals surface area contributed by atoms with Crippen LogP contribution in [0.2, 0.25) is 0 Å². The summed E-state index contributed by atoms with van der Waals surface area (Å²) in [6, 6.07) is 34.5. The molecule has 8 aromatic rings. The van der Waals surface area contributed by atoms with E-state index in [4.69, 9.17) is 21.4 Å². The van der Waals surface area contributed by atoms with Crippen LogP contribution >= 0.6 is 34.9 Å². The van der Waals surface area contributed by atoms with E-state index in [9.17, 15) is 19.2 Å². The van der Waals surface area contributed by atoms with E-state index in [0.29, 0.717) is 45.6 Å². The number of para-hydroxylation sites is 1. The lowest BCUT2D eigenvalue weighted by Crippen LogP contribution is -2.37. The van der Waals surface area contributed by atoms with Crippen LogP contribution < -0.4 is 53.2 Å². The number of hydrogen-bond acceptors (Lipinski definition) is 14. The van der Waals surface area contributed by atoms with E-state index in [0.717, 1.165) is 47.8 Å². The second kappa shape index (κ2) is 23.1. The maximum Gasteiger partial charge on any atom is 0.335 e. The van der Waals surface area contributed by atoms with Gasteiger partial charge in [-0.25, -0.2) is 9.78 Å². The number of urea groups is 1. The van der Waals surface area contributed by atoms with Gasteiger partial charge in [-0.05, 0) is 122 Å². The van der Waals surface area contributed by atoms with Crippen LogP contribution in [-0.4, -0.2) is 65.4 Å². The Labute approximate surface area is 392 Å². The van der Waals surface area contributed by atoms with E-state index >= 15 is 0 Å². The molecule has 3 heterocycles. The fourth-order valence-electron chi connectivity index (χ4n) is 5.85. The fourth-order valence-corrected chi connectivity index (χ4v) is 7.91. The number of hydrazine groups is 3. The predicted octanol–water partition coefficient (Wildman–Crippen LogP) is 8.52. The highest BCUT2D eigenvalue weighted by atomic mass is 32.1. The van der Waals surface area contributed by atoms with E-state index in [1.165, 1.54) is 33.1 Å². The Morgan fingerprint density at radius 2 is 1.42 bits per heavy atom. The average molecular weight is 947 g/mol. The predicted molar refractivity (Wildman–Crippen MR) is 268 cm³/mol. The summed E-state index contributed by atoms with van der Waals surface area (Å²) in [5.41, 5.74) is 23.2. The number of carbonyl (C=O) groups is 4. The molecule has 0 radical (unpaired) electrons. The van der Waals surface area contributed by atoms with Crippen LogP contribution in [0.4, 0.5) is 38.0 Å². The average Bonchev–Trinajstić information content (AvgIpc) is 4.03. The lowest BCUT2D eigenvalue weighted by molar-refractivity contribution is -0.118. The molecule has 21 heteroatoms. The number of thiophene rings is 1. The molecular formula is C45H46N12O6S3. The maximum atomic E-state index is 12.2. The third kappa shape index (κ3) is 14.0. The minimum Gasteiger partial charge on any atom is -0.483 e. The van der Waals surface area contributed by atoms with E-state index in [2.05, 4.69) is 64.5 Å². The molecule has 5 aromatic carbocycles. The summed E-state index contributed by atoms with van der Waals surface area (Å²) in [6.07, 6.45) is 1.08. The van der Waals surface area contributed by atoms with Crippen LogP contribution in [0.25, 0.3) is 31.4 Å². The number of aromatic nitrogens is 2. The topological polar surface area (TPSA) is 228 Å². The number of thiocarbonyl (C=S) groups is 1. The number of oxazole rings is 1. The highest BCUT2D eigenvalue weighted by molar-refractivity contribution is 7.80. The van der Waals surface area contributed by atoms with Crippen molar-refractivity contribution in [3.63, 3.8) is 0 Å². The van der Waals surface area contributed by atoms with Gasteiger partial charge in [0.15, 0.2) is 17.3 Å². The van der Waals surface area contributed by atoms with Crippen molar-refractivity contribution in [2.24, 2.45) is 0 Å². The van der Waals surface area contributed by atoms with Gasteiger partial charge in [-0.15, -0.1) is 11.3 Å². The Bertz CT molecular complexity index is 2960. The zero-order valence-corrected chi connectivity index (χ0v) is 38.7. The number of hydrogen-bond donors (Lipinski definition) is 9. The molecule has 0 aliphatic carbocycles. The summed E-state index contributed by atoms with van der Waals surface area (Å²) in [5.74, 6) is 0.477. The van der Waals surface area contributed by atoms with Gasteiger partial charge in [0.2, 0.25) is 18.0 Å². The first-order valence-corrected chi connectivity index (χ1v) is 22.0. The van der Waals surface area contributed by atoms with Crippen molar-refractivity contribution in [2.45, 2.75) is 20.8 Å². The molecule has 0 saturated carbocycles. The molecule has 0 spiro atoms. The van der Waals surface area contributed by atoms with E-state index in [-0.39, 0.29) is 24.6 Å². The summed E-state index contributed by atoms with van der Waals surface area (Å²) < 4.78 is 13.2. The van der Waals surface area contributed by atoms with Crippen molar-refractivity contribution in [3.8, 4) is 5.75 Å². The minimum atomic E-state index is -0.237. The van der Waals surface area contributed by atoms with E-state index in [1.54, 1.807) is 26.2 Å². The number of rotatable bonds is 14. The van der Waals surface area contributed by atoms with Gasteiger partial charge in [-0.1, -0.05) is 53.3 Å². The van der Waals surface area contributed by atoms with Gasteiger partial charge < -0.3 is 30.0 Å². The van der Waals surface area contributed by atoms with Crippen LogP contribution in [0.15, 0.2) is 114 Å². The molecule has 0 aliphatic heterocycles. The summed E-state index contributed by atoms with van der Waals surface area (Å²) in [6.45, 7) is 5.95. The number of fused-ring (bicyclic) bond motifs is 3. The van der Waals surface area contributed by atoms with Gasteiger partial charge in [-0.2, -0.15) is 4.98 Å². The molecule has 18 nitrogen and oxygen atoms in total. The van der Waals surface area contributed by atoms with Crippen molar-refractivity contribution >= 4 is 129 Å². The molecule has 0 unspecified atom stereocenters. The molecule has 0 bridgehead atoms. The Morgan fingerprint density at radius 1 is 0.712 bits per heavy atom. The normalized spacial score (nSPS) is 10.3. The lowest BCUT2D eigenvalue weighted by Gasteiger charge is -2.12. The van der Waals surface area contributed by atoms with Gasteiger partial charge in [0.1, 0.15) is 16.3 Å². The molecule has 8 rings (SSSR count). The molecule has 0 saturated heterocycles. The number of ether oxygens (including phenoxy) is 1. The number of benzene rings is 5. The standard InChI is InChI=1S/C21H24N4O3S.C15H13N5O2S.C9H9N3OS/c1-13-5-7-17(14(2)9-13)28-12-19(26)22-16-6-8-18-15(10-16)11-20(29-18)23-24-21(27)25(3)4;21-9-16-20-14-19-12-8-11(6-7-13(12)22-14)18-15(23)17-10-4-2-1-3-5-10;1-6-2-3-7-8(4-6)14-9(11-7)12-10-5-13/h5-11,23H,12H2,1-4H3,(H,22,26)(H,24,27);1-9H,(H,16,21)(H,19,20)(H2,17,18,23);2-5H,1H3,(H,10,13)(H,11,12).